The van der Waals surface area contributed by atoms with Gasteiger partial charge in [0, 0.05) is 15.8 Å². The quantitative estimate of drug-likeness (QED) is 0.775. The fourth-order valence-electron chi connectivity index (χ4n) is 1.26. The minimum atomic E-state index is -0.0853. The summed E-state index contributed by atoms with van der Waals surface area (Å²) in [4.78, 5) is 12.3. The average Bonchev–Trinajstić information content (AvgIpc) is 2.56. The van der Waals surface area contributed by atoms with Crippen LogP contribution in [0.2, 0.25) is 0 Å². The monoisotopic (exact) mass is 272 g/mol. The van der Waals surface area contributed by atoms with Crippen molar-refractivity contribution in [3.8, 4) is 0 Å². The van der Waals surface area contributed by atoms with Crippen LogP contribution in [-0.2, 0) is 9.53 Å². The summed E-state index contributed by atoms with van der Waals surface area (Å²) in [6.45, 7) is 0.563. The van der Waals surface area contributed by atoms with Gasteiger partial charge in [0.15, 0.2) is 0 Å². The van der Waals surface area contributed by atoms with Gasteiger partial charge in [-0.1, -0.05) is 15.9 Å². The normalized spacial score (nSPS) is 20.9. The van der Waals surface area contributed by atoms with Gasteiger partial charge in [-0.05, 0) is 24.3 Å². The number of carbonyl (C=O) groups excluding carboxylic acids is 1. The van der Waals surface area contributed by atoms with Crippen LogP contribution < -0.4 is 0 Å². The highest BCUT2D eigenvalue weighted by Gasteiger charge is 2.27. The standard InChI is InChI=1S/C10H9BrO2S/c11-7-1-3-8(4-2-7)14-9-5-6-13-10(9)12/h1-4,9H,5-6H2/t9-/m1/s1. The molecule has 0 saturated carbocycles. The Morgan fingerprint density at radius 2 is 2.07 bits per heavy atom. The van der Waals surface area contributed by atoms with Gasteiger partial charge >= 0.3 is 5.97 Å². The summed E-state index contributed by atoms with van der Waals surface area (Å²) in [7, 11) is 0. The molecule has 74 valence electrons. The third kappa shape index (κ3) is 2.30. The highest BCUT2D eigenvalue weighted by molar-refractivity contribution is 9.10. The van der Waals surface area contributed by atoms with Crippen molar-refractivity contribution in [1.29, 1.82) is 0 Å². The topological polar surface area (TPSA) is 26.3 Å². The molecule has 4 heteroatoms. The van der Waals surface area contributed by atoms with Crippen LogP contribution in [0.25, 0.3) is 0 Å². The van der Waals surface area contributed by atoms with E-state index in [0.717, 1.165) is 15.8 Å². The maximum Gasteiger partial charge on any atom is 0.319 e. The van der Waals surface area contributed by atoms with Crippen LogP contribution in [0.5, 0.6) is 0 Å². The van der Waals surface area contributed by atoms with Crippen LogP contribution in [0.4, 0.5) is 0 Å². The number of benzene rings is 1. The van der Waals surface area contributed by atoms with Gasteiger partial charge in [-0.15, -0.1) is 11.8 Å². The van der Waals surface area contributed by atoms with Crippen molar-refractivity contribution >= 4 is 33.7 Å². The highest BCUT2D eigenvalue weighted by atomic mass is 79.9. The molecule has 14 heavy (non-hydrogen) atoms. The fourth-order valence-corrected chi connectivity index (χ4v) is 2.53. The second-order valence-electron chi connectivity index (χ2n) is 3.02. The lowest BCUT2D eigenvalue weighted by Gasteiger charge is -2.04. The third-order valence-electron chi connectivity index (χ3n) is 1.98. The first-order valence-electron chi connectivity index (χ1n) is 4.34. The Kier molecular flexibility index (Phi) is 3.13. The van der Waals surface area contributed by atoms with Crippen LogP contribution in [0, 0.1) is 0 Å². The van der Waals surface area contributed by atoms with E-state index in [1.165, 1.54) is 0 Å². The lowest BCUT2D eigenvalue weighted by molar-refractivity contribution is -0.137. The Morgan fingerprint density at radius 1 is 1.36 bits per heavy atom. The van der Waals surface area contributed by atoms with Gasteiger partial charge in [0.2, 0.25) is 0 Å². The zero-order chi connectivity index (χ0) is 9.97. The van der Waals surface area contributed by atoms with Crippen LogP contribution >= 0.6 is 27.7 Å². The molecule has 0 aromatic heterocycles. The smallest absolute Gasteiger partial charge is 0.319 e. The summed E-state index contributed by atoms with van der Waals surface area (Å²) in [5, 5.41) is -0.0174. The second kappa shape index (κ2) is 4.36. The summed E-state index contributed by atoms with van der Waals surface area (Å²) < 4.78 is 5.94. The molecular formula is C10H9BrO2S. The number of rotatable bonds is 2. The maximum absolute atomic E-state index is 11.2. The van der Waals surface area contributed by atoms with Crippen LogP contribution in [-0.4, -0.2) is 17.8 Å². The molecule has 0 N–H and O–H groups in total. The van der Waals surface area contributed by atoms with Crippen molar-refractivity contribution in [2.24, 2.45) is 0 Å². The van der Waals surface area contributed by atoms with E-state index in [1.54, 1.807) is 11.8 Å². The summed E-state index contributed by atoms with van der Waals surface area (Å²) in [6, 6.07) is 7.95. The molecule has 1 aromatic carbocycles. The van der Waals surface area contributed by atoms with Gasteiger partial charge in [0.25, 0.3) is 0 Å². The number of ether oxygens (including phenoxy) is 1. The average molecular weight is 273 g/mol. The molecule has 0 radical (unpaired) electrons. The second-order valence-corrected chi connectivity index (χ2v) is 5.21. The van der Waals surface area contributed by atoms with Gasteiger partial charge in [0.05, 0.1) is 6.61 Å². The molecule has 1 heterocycles. The van der Waals surface area contributed by atoms with Crippen molar-refractivity contribution < 1.29 is 9.53 Å². The van der Waals surface area contributed by atoms with Crippen molar-refractivity contribution in [2.75, 3.05) is 6.61 Å². The summed E-state index contributed by atoms with van der Waals surface area (Å²) in [5.74, 6) is -0.0853. The molecule has 0 unspecified atom stereocenters. The number of halogens is 1. The van der Waals surface area contributed by atoms with Gasteiger partial charge in [-0.3, -0.25) is 4.79 Å². The SMILES string of the molecule is O=C1OCC[C@H]1Sc1ccc(Br)cc1. The van der Waals surface area contributed by atoms with E-state index in [2.05, 4.69) is 15.9 Å². The predicted octanol–water partition coefficient (Wildman–Crippen LogP) is 2.86. The molecule has 1 fully saturated rings. The molecule has 1 aromatic rings. The molecule has 1 saturated heterocycles. The summed E-state index contributed by atoms with van der Waals surface area (Å²) >= 11 is 4.94. The minimum absolute atomic E-state index is 0.0174. The number of hydrogen-bond acceptors (Lipinski definition) is 3. The lowest BCUT2D eigenvalue weighted by Crippen LogP contribution is -2.08. The zero-order valence-corrected chi connectivity index (χ0v) is 9.81. The third-order valence-corrected chi connectivity index (χ3v) is 3.76. The number of esters is 1. The zero-order valence-electron chi connectivity index (χ0n) is 7.40. The molecule has 0 spiro atoms. The summed E-state index contributed by atoms with van der Waals surface area (Å²) in [5.41, 5.74) is 0. The molecule has 2 rings (SSSR count). The number of carbonyl (C=O) groups is 1. The molecule has 1 atom stereocenters. The van der Waals surface area contributed by atoms with Crippen LogP contribution in [0.15, 0.2) is 33.6 Å². The molecular weight excluding hydrogens is 264 g/mol. The van der Waals surface area contributed by atoms with E-state index in [4.69, 9.17) is 4.74 Å². The first-order chi connectivity index (χ1) is 6.75. The van der Waals surface area contributed by atoms with E-state index >= 15 is 0 Å². The molecule has 1 aliphatic rings. The van der Waals surface area contributed by atoms with Crippen molar-refractivity contribution in [2.45, 2.75) is 16.6 Å². The molecule has 0 bridgehead atoms. The van der Waals surface area contributed by atoms with Crippen molar-refractivity contribution in [3.63, 3.8) is 0 Å². The summed E-state index contributed by atoms with van der Waals surface area (Å²) in [6.07, 6.45) is 0.819. The van der Waals surface area contributed by atoms with Crippen molar-refractivity contribution in [3.05, 3.63) is 28.7 Å². The number of cyclic esters (lactones) is 1. The molecule has 0 aliphatic carbocycles. The Morgan fingerprint density at radius 3 is 2.64 bits per heavy atom. The number of thioether (sulfide) groups is 1. The Labute approximate surface area is 95.2 Å². The molecule has 0 amide bonds. The maximum atomic E-state index is 11.2. The van der Waals surface area contributed by atoms with Gasteiger partial charge in [0.1, 0.15) is 5.25 Å². The first-order valence-corrected chi connectivity index (χ1v) is 6.02. The van der Waals surface area contributed by atoms with E-state index in [1.807, 2.05) is 24.3 Å². The van der Waals surface area contributed by atoms with E-state index < -0.39 is 0 Å². The molecule has 1 aliphatic heterocycles. The van der Waals surface area contributed by atoms with E-state index in [-0.39, 0.29) is 11.2 Å². The van der Waals surface area contributed by atoms with E-state index in [0.29, 0.717) is 6.61 Å². The lowest BCUT2D eigenvalue weighted by atomic mass is 10.4. The Balaban J connectivity index is 2.03. The highest BCUT2D eigenvalue weighted by Crippen LogP contribution is 2.30. The van der Waals surface area contributed by atoms with Crippen molar-refractivity contribution in [1.82, 2.24) is 0 Å². The first kappa shape index (κ1) is 10.1. The van der Waals surface area contributed by atoms with E-state index in [9.17, 15) is 4.79 Å². The van der Waals surface area contributed by atoms with Crippen LogP contribution in [0.1, 0.15) is 6.42 Å². The van der Waals surface area contributed by atoms with Gasteiger partial charge < -0.3 is 4.74 Å². The predicted molar refractivity (Wildman–Crippen MR) is 59.4 cm³/mol. The molecule has 2 nitrogen and oxygen atoms in total. The Hall–Kier alpha value is -0.480. The largest absolute Gasteiger partial charge is 0.465 e. The Bertz CT molecular complexity index is 336. The van der Waals surface area contributed by atoms with Gasteiger partial charge in [-0.2, -0.15) is 0 Å². The fraction of sp³-hybridized carbons (Fsp3) is 0.300. The van der Waals surface area contributed by atoms with Gasteiger partial charge in [-0.25, -0.2) is 0 Å². The number of hydrogen-bond donors (Lipinski definition) is 0. The minimum Gasteiger partial charge on any atom is -0.465 e. The van der Waals surface area contributed by atoms with Crippen LogP contribution in [0.3, 0.4) is 0 Å².